The SMILES string of the molecule is COC(C)(C)C(=O)c1cc(F)ccc1F. The van der Waals surface area contributed by atoms with Crippen LogP contribution in [0.3, 0.4) is 0 Å². The second-order valence-electron chi connectivity index (χ2n) is 3.67. The van der Waals surface area contributed by atoms with Crippen LogP contribution in [0, 0.1) is 11.6 Å². The Morgan fingerprint density at radius 2 is 1.93 bits per heavy atom. The molecule has 1 aromatic carbocycles. The summed E-state index contributed by atoms with van der Waals surface area (Å²) in [5.41, 5.74) is -1.45. The molecule has 0 atom stereocenters. The number of hydrogen-bond donors (Lipinski definition) is 0. The van der Waals surface area contributed by atoms with Crippen molar-refractivity contribution in [3.05, 3.63) is 35.4 Å². The molecular formula is C11H12F2O2. The van der Waals surface area contributed by atoms with E-state index in [4.69, 9.17) is 4.74 Å². The molecule has 1 aromatic rings. The molecule has 0 fully saturated rings. The number of Topliss-reactive ketones (excluding diaryl/α,β-unsaturated/α-hetero) is 1. The van der Waals surface area contributed by atoms with Gasteiger partial charge in [0.15, 0.2) is 5.78 Å². The number of ether oxygens (including phenoxy) is 1. The van der Waals surface area contributed by atoms with Crippen LogP contribution < -0.4 is 0 Å². The third-order valence-electron chi connectivity index (χ3n) is 2.23. The zero-order chi connectivity index (χ0) is 11.6. The highest BCUT2D eigenvalue weighted by atomic mass is 19.1. The number of methoxy groups -OCH3 is 1. The number of benzene rings is 1. The van der Waals surface area contributed by atoms with E-state index in [0.717, 1.165) is 18.2 Å². The van der Waals surface area contributed by atoms with Crippen molar-refractivity contribution < 1.29 is 18.3 Å². The molecule has 0 saturated heterocycles. The van der Waals surface area contributed by atoms with Gasteiger partial charge < -0.3 is 4.74 Å². The molecule has 0 aliphatic rings. The predicted molar refractivity (Wildman–Crippen MR) is 51.8 cm³/mol. The number of rotatable bonds is 3. The number of ketones is 1. The van der Waals surface area contributed by atoms with Crippen LogP contribution in [-0.4, -0.2) is 18.5 Å². The van der Waals surface area contributed by atoms with Crippen molar-refractivity contribution in [3.63, 3.8) is 0 Å². The van der Waals surface area contributed by atoms with Gasteiger partial charge in [-0.1, -0.05) is 0 Å². The molecule has 0 N–H and O–H groups in total. The molecule has 0 aromatic heterocycles. The molecule has 0 saturated carbocycles. The highest BCUT2D eigenvalue weighted by Gasteiger charge is 2.30. The summed E-state index contributed by atoms with van der Waals surface area (Å²) in [6.45, 7) is 3.00. The van der Waals surface area contributed by atoms with Gasteiger partial charge in [-0.3, -0.25) is 4.79 Å². The Morgan fingerprint density at radius 1 is 1.33 bits per heavy atom. The van der Waals surface area contributed by atoms with Crippen molar-refractivity contribution in [1.82, 2.24) is 0 Å². The van der Waals surface area contributed by atoms with E-state index >= 15 is 0 Å². The molecule has 82 valence electrons. The van der Waals surface area contributed by atoms with Gasteiger partial charge in [-0.05, 0) is 32.0 Å². The summed E-state index contributed by atoms with van der Waals surface area (Å²) in [6, 6.07) is 2.76. The van der Waals surface area contributed by atoms with Crippen LogP contribution >= 0.6 is 0 Å². The molecule has 0 aliphatic carbocycles. The summed E-state index contributed by atoms with van der Waals surface area (Å²) in [6.07, 6.45) is 0. The minimum Gasteiger partial charge on any atom is -0.371 e. The normalized spacial score (nSPS) is 11.5. The number of hydrogen-bond acceptors (Lipinski definition) is 2. The van der Waals surface area contributed by atoms with Crippen molar-refractivity contribution >= 4 is 5.78 Å². The molecule has 1 rings (SSSR count). The van der Waals surface area contributed by atoms with Crippen LogP contribution in [0.4, 0.5) is 8.78 Å². The molecule has 0 amide bonds. The molecule has 0 bridgehead atoms. The first-order valence-corrected chi connectivity index (χ1v) is 4.43. The van der Waals surface area contributed by atoms with Crippen LogP contribution in [0.2, 0.25) is 0 Å². The fourth-order valence-corrected chi connectivity index (χ4v) is 1.09. The highest BCUT2D eigenvalue weighted by molar-refractivity contribution is 6.02. The van der Waals surface area contributed by atoms with E-state index < -0.39 is 23.0 Å². The monoisotopic (exact) mass is 214 g/mol. The Balaban J connectivity index is 3.17. The van der Waals surface area contributed by atoms with Gasteiger partial charge in [0.25, 0.3) is 0 Å². The third kappa shape index (κ3) is 2.39. The Labute approximate surface area is 86.9 Å². The molecule has 0 heterocycles. The van der Waals surface area contributed by atoms with Crippen LogP contribution in [-0.2, 0) is 4.74 Å². The van der Waals surface area contributed by atoms with Crippen LogP contribution in [0.1, 0.15) is 24.2 Å². The highest BCUT2D eigenvalue weighted by Crippen LogP contribution is 2.19. The molecule has 0 aliphatic heterocycles. The summed E-state index contributed by atoms with van der Waals surface area (Å²) in [7, 11) is 1.34. The minimum atomic E-state index is -1.16. The molecule has 2 nitrogen and oxygen atoms in total. The van der Waals surface area contributed by atoms with E-state index in [1.54, 1.807) is 0 Å². The van der Waals surface area contributed by atoms with Crippen molar-refractivity contribution in [3.8, 4) is 0 Å². The maximum atomic E-state index is 13.2. The quantitative estimate of drug-likeness (QED) is 0.723. The Hall–Kier alpha value is -1.29. The van der Waals surface area contributed by atoms with E-state index in [1.807, 2.05) is 0 Å². The molecule has 0 unspecified atom stereocenters. The second-order valence-corrected chi connectivity index (χ2v) is 3.67. The summed E-state index contributed by atoms with van der Waals surface area (Å²) < 4.78 is 31.0. The molecule has 0 radical (unpaired) electrons. The Bertz CT molecular complexity index is 386. The molecule has 4 heteroatoms. The lowest BCUT2D eigenvalue weighted by molar-refractivity contribution is 0.0224. The van der Waals surface area contributed by atoms with E-state index in [2.05, 4.69) is 0 Å². The van der Waals surface area contributed by atoms with Crippen LogP contribution in [0.25, 0.3) is 0 Å². The van der Waals surface area contributed by atoms with Gasteiger partial charge in [0.2, 0.25) is 0 Å². The van der Waals surface area contributed by atoms with Gasteiger partial charge in [-0.15, -0.1) is 0 Å². The van der Waals surface area contributed by atoms with Gasteiger partial charge in [-0.25, -0.2) is 8.78 Å². The van der Waals surface area contributed by atoms with Crippen molar-refractivity contribution in [2.24, 2.45) is 0 Å². The topological polar surface area (TPSA) is 26.3 Å². The minimum absolute atomic E-state index is 0.290. The van der Waals surface area contributed by atoms with E-state index in [9.17, 15) is 13.6 Å². The lowest BCUT2D eigenvalue weighted by Gasteiger charge is -2.21. The third-order valence-corrected chi connectivity index (χ3v) is 2.23. The summed E-state index contributed by atoms with van der Waals surface area (Å²) in [4.78, 5) is 11.7. The summed E-state index contributed by atoms with van der Waals surface area (Å²) in [5.74, 6) is -1.97. The predicted octanol–water partition coefficient (Wildman–Crippen LogP) is 2.57. The standard InChI is InChI=1S/C11H12F2O2/c1-11(2,15-3)10(14)8-6-7(12)4-5-9(8)13/h4-6H,1-3H3. The lowest BCUT2D eigenvalue weighted by Crippen LogP contribution is -2.34. The van der Waals surface area contributed by atoms with Crippen molar-refractivity contribution in [1.29, 1.82) is 0 Å². The van der Waals surface area contributed by atoms with Crippen LogP contribution in [0.5, 0.6) is 0 Å². The summed E-state index contributed by atoms with van der Waals surface area (Å²) >= 11 is 0. The van der Waals surface area contributed by atoms with E-state index in [1.165, 1.54) is 21.0 Å². The zero-order valence-electron chi connectivity index (χ0n) is 8.80. The number of halogens is 2. The fourth-order valence-electron chi connectivity index (χ4n) is 1.09. The lowest BCUT2D eigenvalue weighted by atomic mass is 9.96. The maximum absolute atomic E-state index is 13.2. The maximum Gasteiger partial charge on any atom is 0.197 e. The van der Waals surface area contributed by atoms with Crippen LogP contribution in [0.15, 0.2) is 18.2 Å². The van der Waals surface area contributed by atoms with Gasteiger partial charge in [0.05, 0.1) is 5.56 Å². The first-order chi connectivity index (χ1) is 6.88. The van der Waals surface area contributed by atoms with Gasteiger partial charge in [0, 0.05) is 7.11 Å². The molecular weight excluding hydrogens is 202 g/mol. The first-order valence-electron chi connectivity index (χ1n) is 4.43. The zero-order valence-corrected chi connectivity index (χ0v) is 8.80. The Morgan fingerprint density at radius 3 is 2.47 bits per heavy atom. The summed E-state index contributed by atoms with van der Waals surface area (Å²) in [5, 5.41) is 0. The van der Waals surface area contributed by atoms with E-state index in [-0.39, 0.29) is 5.56 Å². The second kappa shape index (κ2) is 4.06. The molecule has 15 heavy (non-hydrogen) atoms. The fraction of sp³-hybridized carbons (Fsp3) is 0.364. The van der Waals surface area contributed by atoms with E-state index in [0.29, 0.717) is 0 Å². The van der Waals surface area contributed by atoms with Gasteiger partial charge in [0.1, 0.15) is 17.2 Å². The van der Waals surface area contributed by atoms with Gasteiger partial charge in [-0.2, -0.15) is 0 Å². The molecule has 0 spiro atoms. The average molecular weight is 214 g/mol. The number of carbonyl (C=O) groups is 1. The van der Waals surface area contributed by atoms with Gasteiger partial charge >= 0.3 is 0 Å². The number of carbonyl (C=O) groups excluding carboxylic acids is 1. The average Bonchev–Trinajstić information content (AvgIpc) is 2.20. The smallest absolute Gasteiger partial charge is 0.197 e. The largest absolute Gasteiger partial charge is 0.371 e. The van der Waals surface area contributed by atoms with Crippen molar-refractivity contribution in [2.75, 3.05) is 7.11 Å². The first kappa shape index (κ1) is 11.8. The van der Waals surface area contributed by atoms with Crippen molar-refractivity contribution in [2.45, 2.75) is 19.4 Å². The Kier molecular flexibility index (Phi) is 3.19.